The van der Waals surface area contributed by atoms with Crippen molar-refractivity contribution in [3.63, 3.8) is 0 Å². The summed E-state index contributed by atoms with van der Waals surface area (Å²) < 4.78 is 13.1. The van der Waals surface area contributed by atoms with Gasteiger partial charge in [-0.3, -0.25) is 0 Å². The Kier molecular flexibility index (Phi) is 3.55. The molecule has 0 amide bonds. The minimum Gasteiger partial charge on any atom is -0.384 e. The number of nitrogen functional groups attached to an aromatic ring is 1. The van der Waals surface area contributed by atoms with Crippen LogP contribution in [0.25, 0.3) is 11.3 Å². The summed E-state index contributed by atoms with van der Waals surface area (Å²) in [6, 6.07) is 6.37. The van der Waals surface area contributed by atoms with Gasteiger partial charge in [0.2, 0.25) is 0 Å². The summed E-state index contributed by atoms with van der Waals surface area (Å²) in [4.78, 5) is 8.66. The molecule has 3 nitrogen and oxygen atoms in total. The van der Waals surface area contributed by atoms with Crippen LogP contribution in [0.3, 0.4) is 0 Å². The standard InChI is InChI=1S/C14H16FN3/c1-3-4-14-17-12(8-13(16)18-14)11-6-5-10(15)7-9(11)2/h5-8H,3-4H2,1-2H3,(H2,16,17,18). The molecule has 0 radical (unpaired) electrons. The maximum atomic E-state index is 13.1. The van der Waals surface area contributed by atoms with E-state index in [1.165, 1.54) is 12.1 Å². The van der Waals surface area contributed by atoms with Gasteiger partial charge in [0.1, 0.15) is 17.5 Å². The second-order valence-electron chi connectivity index (χ2n) is 4.30. The zero-order valence-corrected chi connectivity index (χ0v) is 10.6. The molecular formula is C14H16FN3. The molecule has 0 aliphatic carbocycles. The first-order chi connectivity index (χ1) is 8.60. The summed E-state index contributed by atoms with van der Waals surface area (Å²) in [7, 11) is 0. The van der Waals surface area contributed by atoms with Crippen LogP contribution >= 0.6 is 0 Å². The highest BCUT2D eigenvalue weighted by Gasteiger charge is 2.08. The van der Waals surface area contributed by atoms with Crippen LogP contribution in [0, 0.1) is 12.7 Å². The number of halogens is 1. The molecule has 0 saturated carbocycles. The Hall–Kier alpha value is -1.97. The van der Waals surface area contributed by atoms with Gasteiger partial charge in [-0.15, -0.1) is 0 Å². The Morgan fingerprint density at radius 3 is 2.67 bits per heavy atom. The average Bonchev–Trinajstić information content (AvgIpc) is 2.28. The minimum absolute atomic E-state index is 0.243. The molecule has 2 rings (SSSR count). The lowest BCUT2D eigenvalue weighted by molar-refractivity contribution is 0.627. The Balaban J connectivity index is 2.49. The quantitative estimate of drug-likeness (QED) is 0.903. The molecule has 0 unspecified atom stereocenters. The SMILES string of the molecule is CCCc1nc(N)cc(-c2ccc(F)cc2C)n1. The largest absolute Gasteiger partial charge is 0.384 e. The predicted molar refractivity (Wildman–Crippen MR) is 70.6 cm³/mol. The highest BCUT2D eigenvalue weighted by atomic mass is 19.1. The van der Waals surface area contributed by atoms with Crippen molar-refractivity contribution < 1.29 is 4.39 Å². The molecule has 0 bridgehead atoms. The summed E-state index contributed by atoms with van der Waals surface area (Å²) in [6.45, 7) is 3.92. The van der Waals surface area contributed by atoms with Crippen LogP contribution in [0.4, 0.5) is 10.2 Å². The van der Waals surface area contributed by atoms with Crippen molar-refractivity contribution in [1.29, 1.82) is 0 Å². The van der Waals surface area contributed by atoms with E-state index in [4.69, 9.17) is 5.73 Å². The van der Waals surface area contributed by atoms with Crippen LogP contribution in [0.1, 0.15) is 24.7 Å². The normalized spacial score (nSPS) is 10.6. The van der Waals surface area contributed by atoms with Gasteiger partial charge in [-0.05, 0) is 37.1 Å². The number of hydrogen-bond acceptors (Lipinski definition) is 3. The molecule has 18 heavy (non-hydrogen) atoms. The second-order valence-corrected chi connectivity index (χ2v) is 4.30. The van der Waals surface area contributed by atoms with E-state index < -0.39 is 0 Å². The van der Waals surface area contributed by atoms with E-state index in [-0.39, 0.29) is 5.82 Å². The summed E-state index contributed by atoms with van der Waals surface area (Å²) in [5.74, 6) is 0.940. The number of hydrogen-bond donors (Lipinski definition) is 1. The van der Waals surface area contributed by atoms with Crippen molar-refractivity contribution in [2.24, 2.45) is 0 Å². The smallest absolute Gasteiger partial charge is 0.131 e. The monoisotopic (exact) mass is 245 g/mol. The molecule has 1 heterocycles. The summed E-state index contributed by atoms with van der Waals surface area (Å²) in [6.07, 6.45) is 1.75. The number of nitrogens with two attached hydrogens (primary N) is 1. The van der Waals surface area contributed by atoms with Crippen LogP contribution in [0.2, 0.25) is 0 Å². The number of anilines is 1. The Morgan fingerprint density at radius 1 is 1.22 bits per heavy atom. The van der Waals surface area contributed by atoms with E-state index in [9.17, 15) is 4.39 Å². The van der Waals surface area contributed by atoms with Gasteiger partial charge in [0.25, 0.3) is 0 Å². The highest BCUT2D eigenvalue weighted by Crippen LogP contribution is 2.23. The van der Waals surface area contributed by atoms with E-state index in [1.54, 1.807) is 12.1 Å². The summed E-state index contributed by atoms with van der Waals surface area (Å²) >= 11 is 0. The lowest BCUT2D eigenvalue weighted by Gasteiger charge is -2.08. The topological polar surface area (TPSA) is 51.8 Å². The highest BCUT2D eigenvalue weighted by molar-refractivity contribution is 5.65. The molecular weight excluding hydrogens is 229 g/mol. The van der Waals surface area contributed by atoms with E-state index in [0.29, 0.717) is 5.82 Å². The van der Waals surface area contributed by atoms with Crippen molar-refractivity contribution in [3.8, 4) is 11.3 Å². The van der Waals surface area contributed by atoms with E-state index in [2.05, 4.69) is 16.9 Å². The van der Waals surface area contributed by atoms with Gasteiger partial charge in [0.15, 0.2) is 0 Å². The lowest BCUT2D eigenvalue weighted by atomic mass is 10.1. The predicted octanol–water partition coefficient (Wildman–Crippen LogP) is 3.13. The van der Waals surface area contributed by atoms with Crippen molar-refractivity contribution >= 4 is 5.82 Å². The molecule has 0 saturated heterocycles. The Morgan fingerprint density at radius 2 is 2.00 bits per heavy atom. The Bertz CT molecular complexity index is 567. The lowest BCUT2D eigenvalue weighted by Crippen LogP contribution is -2.01. The zero-order valence-electron chi connectivity index (χ0n) is 10.6. The van der Waals surface area contributed by atoms with Crippen LogP contribution in [0.15, 0.2) is 24.3 Å². The van der Waals surface area contributed by atoms with Gasteiger partial charge >= 0.3 is 0 Å². The molecule has 2 aromatic rings. The maximum absolute atomic E-state index is 13.1. The zero-order chi connectivity index (χ0) is 13.1. The summed E-state index contributed by atoms with van der Waals surface area (Å²) in [5.41, 5.74) is 8.27. The molecule has 0 fully saturated rings. The molecule has 0 atom stereocenters. The number of aryl methyl sites for hydroxylation is 2. The van der Waals surface area contributed by atoms with Crippen LogP contribution in [-0.4, -0.2) is 9.97 Å². The van der Waals surface area contributed by atoms with Crippen LogP contribution < -0.4 is 5.73 Å². The second kappa shape index (κ2) is 5.12. The van der Waals surface area contributed by atoms with E-state index in [0.717, 1.165) is 35.5 Å². The molecule has 2 N–H and O–H groups in total. The fourth-order valence-corrected chi connectivity index (χ4v) is 1.91. The van der Waals surface area contributed by atoms with Gasteiger partial charge in [-0.2, -0.15) is 0 Å². The fraction of sp³-hybridized carbons (Fsp3) is 0.286. The fourth-order valence-electron chi connectivity index (χ4n) is 1.91. The van der Waals surface area contributed by atoms with Gasteiger partial charge in [-0.1, -0.05) is 6.92 Å². The van der Waals surface area contributed by atoms with E-state index in [1.807, 2.05) is 6.92 Å². The minimum atomic E-state index is -0.243. The number of aromatic nitrogens is 2. The third-order valence-corrected chi connectivity index (χ3v) is 2.73. The summed E-state index contributed by atoms with van der Waals surface area (Å²) in [5, 5.41) is 0. The molecule has 1 aromatic heterocycles. The molecule has 0 aliphatic rings. The van der Waals surface area contributed by atoms with Crippen LogP contribution in [-0.2, 0) is 6.42 Å². The van der Waals surface area contributed by atoms with Crippen molar-refractivity contribution in [1.82, 2.24) is 9.97 Å². The molecule has 94 valence electrons. The number of benzene rings is 1. The van der Waals surface area contributed by atoms with Gasteiger partial charge in [-0.25, -0.2) is 14.4 Å². The maximum Gasteiger partial charge on any atom is 0.131 e. The third-order valence-electron chi connectivity index (χ3n) is 2.73. The third kappa shape index (κ3) is 2.64. The van der Waals surface area contributed by atoms with Gasteiger partial charge in [0, 0.05) is 18.1 Å². The van der Waals surface area contributed by atoms with Gasteiger partial charge < -0.3 is 5.73 Å². The molecule has 0 spiro atoms. The number of rotatable bonds is 3. The van der Waals surface area contributed by atoms with Crippen molar-refractivity contribution in [3.05, 3.63) is 41.5 Å². The molecule has 1 aromatic carbocycles. The van der Waals surface area contributed by atoms with Gasteiger partial charge in [0.05, 0.1) is 5.69 Å². The van der Waals surface area contributed by atoms with Crippen molar-refractivity contribution in [2.75, 3.05) is 5.73 Å². The average molecular weight is 245 g/mol. The first-order valence-corrected chi connectivity index (χ1v) is 6.00. The number of nitrogens with zero attached hydrogens (tertiary/aromatic N) is 2. The van der Waals surface area contributed by atoms with Crippen molar-refractivity contribution in [2.45, 2.75) is 26.7 Å². The van der Waals surface area contributed by atoms with Crippen LogP contribution in [0.5, 0.6) is 0 Å². The first-order valence-electron chi connectivity index (χ1n) is 6.00. The van der Waals surface area contributed by atoms with E-state index >= 15 is 0 Å². The first kappa shape index (κ1) is 12.5. The molecule has 4 heteroatoms. The Labute approximate surface area is 106 Å². The molecule has 0 aliphatic heterocycles.